The molecule has 1 unspecified atom stereocenters. The first-order valence-electron chi connectivity index (χ1n) is 6.70. The van der Waals surface area contributed by atoms with E-state index in [1.165, 1.54) is 17.9 Å². The van der Waals surface area contributed by atoms with E-state index in [1.54, 1.807) is 12.1 Å². The van der Waals surface area contributed by atoms with Gasteiger partial charge < -0.3 is 16.4 Å². The minimum Gasteiger partial charge on any atom is -0.397 e. The molecule has 0 bridgehead atoms. The number of nitrogen functional groups attached to an aromatic ring is 1. The molecular weight excluding hydrogens is 258 g/mol. The molecule has 1 aromatic carbocycles. The van der Waals surface area contributed by atoms with Crippen LogP contribution in [0.2, 0.25) is 0 Å². The average molecular weight is 279 g/mol. The first-order valence-corrected chi connectivity index (χ1v) is 7.85. The van der Waals surface area contributed by atoms with Gasteiger partial charge in [-0.2, -0.15) is 11.8 Å². The van der Waals surface area contributed by atoms with Crippen molar-refractivity contribution in [2.75, 3.05) is 35.6 Å². The van der Waals surface area contributed by atoms with Crippen molar-refractivity contribution in [2.24, 2.45) is 5.92 Å². The number of benzene rings is 1. The first-order chi connectivity index (χ1) is 9.20. The third-order valence-electron chi connectivity index (χ3n) is 3.26. The minimum atomic E-state index is -0.0537. The molecule has 4 N–H and O–H groups in total. The fourth-order valence-electron chi connectivity index (χ4n) is 2.11. The number of nitrogens with two attached hydrogens (primary N) is 1. The zero-order valence-electron chi connectivity index (χ0n) is 11.2. The molecule has 1 heterocycles. The molecule has 0 radical (unpaired) electrons. The van der Waals surface area contributed by atoms with E-state index >= 15 is 0 Å². The van der Waals surface area contributed by atoms with Gasteiger partial charge in [-0.05, 0) is 49.0 Å². The number of thioether (sulfide) groups is 1. The SMILES string of the molecule is CCNC(=O)c1ccc(N)c(NCC2CCSC2)c1. The summed E-state index contributed by atoms with van der Waals surface area (Å²) in [5.41, 5.74) is 8.16. The van der Waals surface area contributed by atoms with Crippen molar-refractivity contribution in [3.63, 3.8) is 0 Å². The monoisotopic (exact) mass is 279 g/mol. The van der Waals surface area contributed by atoms with E-state index in [1.807, 2.05) is 24.8 Å². The van der Waals surface area contributed by atoms with E-state index in [9.17, 15) is 4.79 Å². The lowest BCUT2D eigenvalue weighted by Gasteiger charge is -2.14. The highest BCUT2D eigenvalue weighted by Crippen LogP contribution is 2.25. The molecule has 2 rings (SSSR count). The Bertz CT molecular complexity index is 444. The summed E-state index contributed by atoms with van der Waals surface area (Å²) in [5, 5.41) is 6.17. The van der Waals surface area contributed by atoms with Crippen molar-refractivity contribution < 1.29 is 4.79 Å². The fraction of sp³-hybridized carbons (Fsp3) is 0.500. The van der Waals surface area contributed by atoms with E-state index in [2.05, 4.69) is 10.6 Å². The molecule has 1 fully saturated rings. The zero-order valence-corrected chi connectivity index (χ0v) is 12.1. The lowest BCUT2D eigenvalue weighted by atomic mass is 10.1. The topological polar surface area (TPSA) is 67.2 Å². The fourth-order valence-corrected chi connectivity index (χ4v) is 3.40. The zero-order chi connectivity index (χ0) is 13.7. The second-order valence-corrected chi connectivity index (χ2v) is 5.92. The summed E-state index contributed by atoms with van der Waals surface area (Å²) in [6, 6.07) is 5.38. The van der Waals surface area contributed by atoms with Gasteiger partial charge >= 0.3 is 0 Å². The normalized spacial score (nSPS) is 18.3. The number of hydrogen-bond acceptors (Lipinski definition) is 4. The summed E-state index contributed by atoms with van der Waals surface area (Å²) in [6.07, 6.45) is 1.26. The van der Waals surface area contributed by atoms with Crippen molar-refractivity contribution in [1.29, 1.82) is 0 Å². The van der Waals surface area contributed by atoms with Gasteiger partial charge in [-0.3, -0.25) is 4.79 Å². The van der Waals surface area contributed by atoms with E-state index in [0.717, 1.165) is 12.2 Å². The van der Waals surface area contributed by atoms with Crippen molar-refractivity contribution in [3.8, 4) is 0 Å². The van der Waals surface area contributed by atoms with Crippen LogP contribution in [0.3, 0.4) is 0 Å². The molecule has 19 heavy (non-hydrogen) atoms. The lowest BCUT2D eigenvalue weighted by Crippen LogP contribution is -2.23. The largest absolute Gasteiger partial charge is 0.397 e. The minimum absolute atomic E-state index is 0.0537. The van der Waals surface area contributed by atoms with Gasteiger partial charge in [0.25, 0.3) is 5.91 Å². The molecule has 104 valence electrons. The number of anilines is 2. The van der Waals surface area contributed by atoms with Crippen LogP contribution >= 0.6 is 11.8 Å². The van der Waals surface area contributed by atoms with Gasteiger partial charge in [0.05, 0.1) is 11.4 Å². The highest BCUT2D eigenvalue weighted by molar-refractivity contribution is 7.99. The van der Waals surface area contributed by atoms with Crippen LogP contribution in [-0.2, 0) is 0 Å². The van der Waals surface area contributed by atoms with E-state index < -0.39 is 0 Å². The Morgan fingerprint density at radius 2 is 2.37 bits per heavy atom. The molecule has 4 nitrogen and oxygen atoms in total. The Morgan fingerprint density at radius 3 is 3.05 bits per heavy atom. The van der Waals surface area contributed by atoms with Crippen LogP contribution in [-0.4, -0.2) is 30.5 Å². The van der Waals surface area contributed by atoms with Gasteiger partial charge in [-0.1, -0.05) is 0 Å². The third kappa shape index (κ3) is 3.80. The van der Waals surface area contributed by atoms with Gasteiger partial charge in [-0.25, -0.2) is 0 Å². The maximum atomic E-state index is 11.8. The smallest absolute Gasteiger partial charge is 0.251 e. The van der Waals surface area contributed by atoms with Crippen LogP contribution in [0.15, 0.2) is 18.2 Å². The Balaban J connectivity index is 2.01. The summed E-state index contributed by atoms with van der Waals surface area (Å²) in [7, 11) is 0. The summed E-state index contributed by atoms with van der Waals surface area (Å²) < 4.78 is 0. The number of nitrogens with one attached hydrogen (secondary N) is 2. The first kappa shape index (κ1) is 14.1. The number of carbonyl (C=O) groups excluding carboxylic acids is 1. The molecule has 1 aliphatic heterocycles. The predicted molar refractivity (Wildman–Crippen MR) is 82.8 cm³/mol. The van der Waals surface area contributed by atoms with Gasteiger partial charge in [0.15, 0.2) is 0 Å². The van der Waals surface area contributed by atoms with Crippen molar-refractivity contribution in [3.05, 3.63) is 23.8 Å². The van der Waals surface area contributed by atoms with Crippen molar-refractivity contribution >= 4 is 29.0 Å². The second kappa shape index (κ2) is 6.70. The molecule has 1 aliphatic rings. The number of hydrogen-bond donors (Lipinski definition) is 3. The van der Waals surface area contributed by atoms with Gasteiger partial charge in [0.2, 0.25) is 0 Å². The van der Waals surface area contributed by atoms with Crippen LogP contribution in [0.4, 0.5) is 11.4 Å². The Morgan fingerprint density at radius 1 is 1.53 bits per heavy atom. The molecular formula is C14H21N3OS. The van der Waals surface area contributed by atoms with Crippen LogP contribution in [0.1, 0.15) is 23.7 Å². The highest BCUT2D eigenvalue weighted by Gasteiger charge is 2.15. The van der Waals surface area contributed by atoms with Crippen molar-refractivity contribution in [2.45, 2.75) is 13.3 Å². The molecule has 1 amide bonds. The Hall–Kier alpha value is -1.36. The van der Waals surface area contributed by atoms with Crippen LogP contribution < -0.4 is 16.4 Å². The predicted octanol–water partition coefficient (Wildman–Crippen LogP) is 2.18. The summed E-state index contributed by atoms with van der Waals surface area (Å²) in [5.74, 6) is 3.11. The van der Waals surface area contributed by atoms with Crippen molar-refractivity contribution in [1.82, 2.24) is 5.32 Å². The number of amides is 1. The molecule has 0 aliphatic carbocycles. The molecule has 1 atom stereocenters. The molecule has 0 aromatic heterocycles. The summed E-state index contributed by atoms with van der Waals surface area (Å²) >= 11 is 2.00. The summed E-state index contributed by atoms with van der Waals surface area (Å²) in [6.45, 7) is 3.47. The summed E-state index contributed by atoms with van der Waals surface area (Å²) in [4.78, 5) is 11.8. The van der Waals surface area contributed by atoms with Crippen LogP contribution in [0.5, 0.6) is 0 Å². The maximum Gasteiger partial charge on any atom is 0.251 e. The lowest BCUT2D eigenvalue weighted by molar-refractivity contribution is 0.0956. The third-order valence-corrected chi connectivity index (χ3v) is 4.49. The highest BCUT2D eigenvalue weighted by atomic mass is 32.2. The molecule has 5 heteroatoms. The Labute approximate surface area is 118 Å². The van der Waals surface area contributed by atoms with E-state index in [4.69, 9.17) is 5.73 Å². The van der Waals surface area contributed by atoms with Crippen LogP contribution in [0, 0.1) is 5.92 Å². The van der Waals surface area contributed by atoms with Gasteiger partial charge in [0.1, 0.15) is 0 Å². The maximum absolute atomic E-state index is 11.8. The van der Waals surface area contributed by atoms with Crippen LogP contribution in [0.25, 0.3) is 0 Å². The number of carbonyl (C=O) groups is 1. The average Bonchev–Trinajstić information content (AvgIpc) is 2.91. The molecule has 0 spiro atoms. The molecule has 0 saturated carbocycles. The standard InChI is InChI=1S/C14H21N3OS/c1-2-16-14(18)11-3-4-12(15)13(7-11)17-8-10-5-6-19-9-10/h3-4,7,10,17H,2,5-6,8-9,15H2,1H3,(H,16,18). The molecule has 1 aromatic rings. The molecule has 1 saturated heterocycles. The van der Waals surface area contributed by atoms with E-state index in [-0.39, 0.29) is 5.91 Å². The number of rotatable bonds is 5. The van der Waals surface area contributed by atoms with E-state index in [0.29, 0.717) is 23.7 Å². The van der Waals surface area contributed by atoms with Gasteiger partial charge in [0, 0.05) is 18.7 Å². The second-order valence-electron chi connectivity index (χ2n) is 4.77. The quantitative estimate of drug-likeness (QED) is 0.723. The van der Waals surface area contributed by atoms with Gasteiger partial charge in [-0.15, -0.1) is 0 Å². The Kier molecular flexibility index (Phi) is 4.96.